The van der Waals surface area contributed by atoms with Crippen molar-refractivity contribution in [2.75, 3.05) is 74.2 Å². The molecule has 0 aromatic carbocycles. The van der Waals surface area contributed by atoms with E-state index in [0.29, 0.717) is 52.9 Å². The molecule has 0 amide bonds. The van der Waals surface area contributed by atoms with Gasteiger partial charge in [0.15, 0.2) is 0 Å². The minimum atomic E-state index is -0.0890. The van der Waals surface area contributed by atoms with Crippen LogP contribution < -0.4 is 0 Å². The van der Waals surface area contributed by atoms with E-state index in [-0.39, 0.29) is 50.7 Å². The van der Waals surface area contributed by atoms with E-state index in [0.717, 1.165) is 0 Å². The van der Waals surface area contributed by atoms with Crippen LogP contribution in [0.25, 0.3) is 0 Å². The van der Waals surface area contributed by atoms with E-state index in [2.05, 4.69) is 0 Å². The predicted molar refractivity (Wildman–Crippen MR) is 107 cm³/mol. The van der Waals surface area contributed by atoms with E-state index in [4.69, 9.17) is 28.4 Å². The van der Waals surface area contributed by atoms with Gasteiger partial charge in [-0.25, -0.2) is 0 Å². The highest BCUT2D eigenvalue weighted by Gasteiger charge is 2.09. The highest BCUT2D eigenvalue weighted by atomic mass is 16.6. The second kappa shape index (κ2) is 38.4. The number of rotatable bonds is 14. The molecule has 0 heterocycles. The van der Waals surface area contributed by atoms with E-state index in [1.54, 1.807) is 21.3 Å². The van der Waals surface area contributed by atoms with Gasteiger partial charge in [0.05, 0.1) is 52.9 Å². The highest BCUT2D eigenvalue weighted by Crippen LogP contribution is 1.96. The van der Waals surface area contributed by atoms with Crippen LogP contribution in [0.1, 0.15) is 44.6 Å². The number of hydrogen-bond donors (Lipinski definition) is 0. The van der Waals surface area contributed by atoms with Crippen LogP contribution in [0.2, 0.25) is 0 Å². The van der Waals surface area contributed by atoms with Gasteiger partial charge >= 0.3 is 0 Å². The van der Waals surface area contributed by atoms with Crippen LogP contribution in [0.3, 0.4) is 0 Å². The quantitative estimate of drug-likeness (QED) is 0.432. The normalized spacial score (nSPS) is 8.50. The van der Waals surface area contributed by atoms with Crippen molar-refractivity contribution in [3.63, 3.8) is 0 Å². The summed E-state index contributed by atoms with van der Waals surface area (Å²) in [7, 11) is 4.93. The average molecular weight is 363 g/mol. The Labute approximate surface area is 154 Å². The fourth-order valence-electron chi connectivity index (χ4n) is 1.16. The smallest absolute Gasteiger partial charge is 0.104 e. The molecule has 24 heavy (non-hydrogen) atoms. The van der Waals surface area contributed by atoms with Crippen molar-refractivity contribution in [1.29, 1.82) is 0 Å². The molecule has 158 valence electrons. The third-order valence-corrected chi connectivity index (χ3v) is 2.11. The van der Waals surface area contributed by atoms with Gasteiger partial charge in [0.1, 0.15) is 6.10 Å². The Hall–Kier alpha value is -0.240. The zero-order chi connectivity index (χ0) is 13.5. The molecule has 0 radical (unpaired) electrons. The van der Waals surface area contributed by atoms with Crippen molar-refractivity contribution in [2.45, 2.75) is 50.7 Å². The third kappa shape index (κ3) is 33.4. The van der Waals surface area contributed by atoms with Crippen LogP contribution in [0.5, 0.6) is 0 Å². The summed E-state index contributed by atoms with van der Waals surface area (Å²) in [5.74, 6) is 0. The molecule has 0 aromatic rings. The molecule has 0 spiro atoms. The summed E-state index contributed by atoms with van der Waals surface area (Å²) in [5.41, 5.74) is 0. The molecule has 0 bridgehead atoms. The van der Waals surface area contributed by atoms with Crippen LogP contribution in [-0.2, 0) is 28.4 Å². The summed E-state index contributed by atoms with van der Waals surface area (Å²) in [6.07, 6.45) is -0.0890. The van der Waals surface area contributed by atoms with Crippen molar-refractivity contribution < 1.29 is 28.4 Å². The van der Waals surface area contributed by atoms with Crippen LogP contribution >= 0.6 is 0 Å². The van der Waals surface area contributed by atoms with Crippen molar-refractivity contribution in [1.82, 2.24) is 0 Å². The van der Waals surface area contributed by atoms with Crippen LogP contribution in [-0.4, -0.2) is 80.3 Å². The lowest BCUT2D eigenvalue weighted by Crippen LogP contribution is -2.28. The van der Waals surface area contributed by atoms with Gasteiger partial charge in [-0.3, -0.25) is 0 Å². The minimum absolute atomic E-state index is 0. The topological polar surface area (TPSA) is 55.4 Å². The summed E-state index contributed by atoms with van der Waals surface area (Å²) < 4.78 is 31.2. The standard InChI is InChI=1S/C12H26O6.6CH4/c1-13-4-7-16-10-12(18-9-6-15-3)11-17-8-5-14-2;;;;;;/h12H,4-11H2,1-3H3;6*1H4. The number of hydrogen-bond acceptors (Lipinski definition) is 6. The maximum Gasteiger partial charge on any atom is 0.104 e. The minimum Gasteiger partial charge on any atom is -0.382 e. The van der Waals surface area contributed by atoms with Crippen LogP contribution in [0.4, 0.5) is 0 Å². The Morgan fingerprint density at radius 3 is 1.17 bits per heavy atom. The molecule has 0 aliphatic heterocycles. The zero-order valence-electron chi connectivity index (χ0n) is 11.7. The van der Waals surface area contributed by atoms with Crippen molar-refractivity contribution in [3.8, 4) is 0 Å². The number of methoxy groups -OCH3 is 3. The molecule has 0 rings (SSSR count). The summed E-state index contributed by atoms with van der Waals surface area (Å²) >= 11 is 0. The summed E-state index contributed by atoms with van der Waals surface area (Å²) in [5, 5.41) is 0. The lowest BCUT2D eigenvalue weighted by molar-refractivity contribution is -0.0782. The first-order chi connectivity index (χ1) is 8.85. The third-order valence-electron chi connectivity index (χ3n) is 2.11. The molecule has 6 heteroatoms. The molecule has 0 aliphatic carbocycles. The lowest BCUT2D eigenvalue weighted by atomic mass is 10.4. The molecule has 0 saturated carbocycles. The molecule has 6 nitrogen and oxygen atoms in total. The summed E-state index contributed by atoms with van der Waals surface area (Å²) in [6, 6.07) is 0. The molecule has 0 aromatic heterocycles. The fourth-order valence-corrected chi connectivity index (χ4v) is 1.16. The Bertz CT molecular complexity index is 146. The van der Waals surface area contributed by atoms with Crippen molar-refractivity contribution in [2.24, 2.45) is 0 Å². The van der Waals surface area contributed by atoms with Gasteiger partial charge in [-0.2, -0.15) is 0 Å². The van der Waals surface area contributed by atoms with Gasteiger partial charge in [0, 0.05) is 21.3 Å². The van der Waals surface area contributed by atoms with E-state index in [1.165, 1.54) is 0 Å². The first kappa shape index (κ1) is 43.8. The van der Waals surface area contributed by atoms with E-state index in [1.807, 2.05) is 0 Å². The first-order valence-corrected chi connectivity index (χ1v) is 6.09. The molecule has 0 atom stereocenters. The number of ether oxygens (including phenoxy) is 6. The van der Waals surface area contributed by atoms with E-state index >= 15 is 0 Å². The second-order valence-electron chi connectivity index (χ2n) is 3.62. The maximum atomic E-state index is 5.59. The van der Waals surface area contributed by atoms with Gasteiger partial charge in [-0.05, 0) is 0 Å². The largest absolute Gasteiger partial charge is 0.382 e. The molecule has 0 aliphatic rings. The zero-order valence-corrected chi connectivity index (χ0v) is 11.7. The highest BCUT2D eigenvalue weighted by molar-refractivity contribution is 4.55. The second-order valence-corrected chi connectivity index (χ2v) is 3.62. The van der Waals surface area contributed by atoms with Gasteiger partial charge in [-0.15, -0.1) is 0 Å². The monoisotopic (exact) mass is 362 g/mol. The SMILES string of the molecule is C.C.C.C.C.C.COCCOCC(COCCOC)OCCOC. The van der Waals surface area contributed by atoms with Crippen LogP contribution in [0, 0.1) is 0 Å². The van der Waals surface area contributed by atoms with Gasteiger partial charge in [0.2, 0.25) is 0 Å². The average Bonchev–Trinajstić information content (AvgIpc) is 2.39. The van der Waals surface area contributed by atoms with Crippen LogP contribution in [0.15, 0.2) is 0 Å². The van der Waals surface area contributed by atoms with E-state index < -0.39 is 0 Å². The Morgan fingerprint density at radius 2 is 0.833 bits per heavy atom. The van der Waals surface area contributed by atoms with Gasteiger partial charge in [0.25, 0.3) is 0 Å². The molecule has 0 fully saturated rings. The van der Waals surface area contributed by atoms with Crippen molar-refractivity contribution >= 4 is 0 Å². The summed E-state index contributed by atoms with van der Waals surface area (Å²) in [6.45, 7) is 4.33. The lowest BCUT2D eigenvalue weighted by Gasteiger charge is -2.18. The Kier molecular flexibility index (Phi) is 70.0. The molecule has 0 saturated heterocycles. The predicted octanol–water partition coefficient (Wildman–Crippen LogP) is 4.16. The maximum absolute atomic E-state index is 5.59. The molecule has 0 unspecified atom stereocenters. The molecular formula is C18H50O6. The van der Waals surface area contributed by atoms with Gasteiger partial charge < -0.3 is 28.4 Å². The Balaban J connectivity index is -0.0000000963. The van der Waals surface area contributed by atoms with Crippen molar-refractivity contribution in [3.05, 3.63) is 0 Å². The molecular weight excluding hydrogens is 312 g/mol. The first-order valence-electron chi connectivity index (χ1n) is 6.09. The van der Waals surface area contributed by atoms with E-state index in [9.17, 15) is 0 Å². The Morgan fingerprint density at radius 1 is 0.500 bits per heavy atom. The molecule has 0 N–H and O–H groups in total. The van der Waals surface area contributed by atoms with Gasteiger partial charge in [-0.1, -0.05) is 44.6 Å². The fraction of sp³-hybridized carbons (Fsp3) is 1.00. The summed E-state index contributed by atoms with van der Waals surface area (Å²) in [4.78, 5) is 0.